The molecule has 0 saturated heterocycles. The molecule has 2 aromatic carbocycles. The van der Waals surface area contributed by atoms with Crippen LogP contribution in [0.3, 0.4) is 0 Å². The molecule has 2 fully saturated rings. The highest BCUT2D eigenvalue weighted by Crippen LogP contribution is 2.50. The van der Waals surface area contributed by atoms with Crippen LogP contribution in [0.1, 0.15) is 51.7 Å². The molecular formula is C32H44N2O7. The van der Waals surface area contributed by atoms with Gasteiger partial charge in [0, 0.05) is 18.4 Å². The van der Waals surface area contributed by atoms with Gasteiger partial charge >= 0.3 is 6.09 Å². The Morgan fingerprint density at radius 2 is 1.44 bits per heavy atom. The van der Waals surface area contributed by atoms with Crippen molar-refractivity contribution in [2.24, 2.45) is 17.3 Å². The number of hydrogen-bond donors (Lipinski definition) is 1. The molecule has 0 unspecified atom stereocenters. The smallest absolute Gasteiger partial charge is 0.408 e. The summed E-state index contributed by atoms with van der Waals surface area (Å²) < 4.78 is 16.6. The SMILES string of the molecule is CON(C)C(=O)[C@@]1(NC(=O)OC(C)(C)C)C[C@@H]1COCc1ccccc1.C[C@]1(C=O)C[C@@H]1COCc1ccccc1. The van der Waals surface area contributed by atoms with Crippen molar-refractivity contribution < 1.29 is 33.4 Å². The van der Waals surface area contributed by atoms with Crippen LogP contribution in [0.4, 0.5) is 4.79 Å². The fourth-order valence-electron chi connectivity index (χ4n) is 4.50. The first kappa shape index (κ1) is 32.2. The molecule has 2 aliphatic rings. The summed E-state index contributed by atoms with van der Waals surface area (Å²) in [5.41, 5.74) is 0.445. The monoisotopic (exact) mass is 568 g/mol. The van der Waals surface area contributed by atoms with Gasteiger partial charge in [-0.25, -0.2) is 9.86 Å². The van der Waals surface area contributed by atoms with Crippen LogP contribution in [0, 0.1) is 17.3 Å². The standard InChI is InChI=1S/C19H28N2O5.C13H16O2/c1-18(2,3)26-17(23)20-19(16(22)21(4)24-5)11-15(19)13-25-12-14-9-7-6-8-10-14;1-13(10-14)7-12(13)9-15-8-11-5-3-2-4-6-11/h6-10,15H,11-13H2,1-5H3,(H,20,23);2-6,10,12H,7-9H2,1H3/t15-,19-;12-,13-/m11/s1. The maximum Gasteiger partial charge on any atom is 0.408 e. The number of nitrogens with one attached hydrogen (secondary N) is 1. The summed E-state index contributed by atoms with van der Waals surface area (Å²) in [6.07, 6.45) is 1.89. The van der Waals surface area contributed by atoms with Crippen LogP contribution in [-0.2, 0) is 41.9 Å². The van der Waals surface area contributed by atoms with Crippen molar-refractivity contribution in [3.63, 3.8) is 0 Å². The van der Waals surface area contributed by atoms with Crippen molar-refractivity contribution in [2.45, 2.75) is 64.9 Å². The quantitative estimate of drug-likeness (QED) is 0.286. The summed E-state index contributed by atoms with van der Waals surface area (Å²) in [4.78, 5) is 40.5. The van der Waals surface area contributed by atoms with Crippen molar-refractivity contribution in [1.29, 1.82) is 0 Å². The molecule has 4 atom stereocenters. The van der Waals surface area contributed by atoms with Crippen molar-refractivity contribution in [2.75, 3.05) is 27.4 Å². The number of likely N-dealkylation sites (N-methyl/N-ethyl adjacent to an activating group) is 1. The van der Waals surface area contributed by atoms with Gasteiger partial charge in [-0.2, -0.15) is 0 Å². The third-order valence-corrected chi connectivity index (χ3v) is 7.36. The van der Waals surface area contributed by atoms with E-state index in [2.05, 4.69) is 5.32 Å². The van der Waals surface area contributed by atoms with E-state index in [1.165, 1.54) is 19.7 Å². The average Bonchev–Trinajstić information content (AvgIpc) is 3.83. The molecule has 41 heavy (non-hydrogen) atoms. The zero-order valence-electron chi connectivity index (χ0n) is 25.1. The summed E-state index contributed by atoms with van der Waals surface area (Å²) >= 11 is 0. The van der Waals surface area contributed by atoms with Gasteiger partial charge in [-0.1, -0.05) is 67.6 Å². The maximum absolute atomic E-state index is 12.7. The fraction of sp³-hybridized carbons (Fsp3) is 0.531. The number of hydroxylamine groups is 2. The number of aldehydes is 1. The highest BCUT2D eigenvalue weighted by atomic mass is 16.7. The molecule has 0 bridgehead atoms. The third kappa shape index (κ3) is 9.66. The molecule has 0 heterocycles. The van der Waals surface area contributed by atoms with E-state index in [1.54, 1.807) is 20.8 Å². The predicted octanol–water partition coefficient (Wildman–Crippen LogP) is 4.93. The number of benzene rings is 2. The summed E-state index contributed by atoms with van der Waals surface area (Å²) in [7, 11) is 2.92. The lowest BCUT2D eigenvalue weighted by atomic mass is 10.1. The molecular weight excluding hydrogens is 524 g/mol. The number of rotatable bonds is 12. The molecule has 0 aliphatic heterocycles. The van der Waals surface area contributed by atoms with Gasteiger partial charge in [-0.15, -0.1) is 0 Å². The molecule has 0 radical (unpaired) electrons. The molecule has 9 nitrogen and oxygen atoms in total. The van der Waals surface area contributed by atoms with E-state index in [1.807, 2.05) is 67.6 Å². The minimum atomic E-state index is -1.05. The van der Waals surface area contributed by atoms with Gasteiger partial charge in [0.15, 0.2) is 0 Å². The summed E-state index contributed by atoms with van der Waals surface area (Å²) in [5, 5.41) is 3.84. The van der Waals surface area contributed by atoms with Crippen molar-refractivity contribution >= 4 is 18.3 Å². The van der Waals surface area contributed by atoms with E-state index in [0.717, 1.165) is 23.3 Å². The number of carbonyl (C=O) groups is 3. The minimum absolute atomic E-state index is 0.101. The van der Waals surface area contributed by atoms with Crippen LogP contribution in [0.5, 0.6) is 0 Å². The zero-order valence-corrected chi connectivity index (χ0v) is 25.1. The van der Waals surface area contributed by atoms with Gasteiger partial charge in [0.1, 0.15) is 17.4 Å². The van der Waals surface area contributed by atoms with Crippen LogP contribution in [-0.4, -0.2) is 61.9 Å². The van der Waals surface area contributed by atoms with Crippen LogP contribution >= 0.6 is 0 Å². The van der Waals surface area contributed by atoms with E-state index in [4.69, 9.17) is 19.0 Å². The highest BCUT2D eigenvalue weighted by Gasteiger charge is 2.63. The molecule has 0 aromatic heterocycles. The molecule has 2 aromatic rings. The Bertz CT molecular complexity index is 1140. The summed E-state index contributed by atoms with van der Waals surface area (Å²) in [5.74, 6) is -0.0262. The molecule has 2 amide bonds. The Morgan fingerprint density at radius 3 is 1.88 bits per heavy atom. The molecule has 9 heteroatoms. The lowest BCUT2D eigenvalue weighted by Crippen LogP contribution is -2.52. The second kappa shape index (κ2) is 14.1. The maximum atomic E-state index is 12.7. The first-order chi connectivity index (χ1) is 19.4. The number of hydrogen-bond acceptors (Lipinski definition) is 7. The third-order valence-electron chi connectivity index (χ3n) is 7.36. The number of nitrogens with zero attached hydrogens (tertiary/aromatic N) is 1. The number of carbonyl (C=O) groups excluding carboxylic acids is 3. The van der Waals surface area contributed by atoms with E-state index in [-0.39, 0.29) is 17.2 Å². The molecule has 2 saturated carbocycles. The van der Waals surface area contributed by atoms with E-state index in [0.29, 0.717) is 38.8 Å². The van der Waals surface area contributed by atoms with Crippen LogP contribution in [0.15, 0.2) is 60.7 Å². The fourth-order valence-corrected chi connectivity index (χ4v) is 4.50. The van der Waals surface area contributed by atoms with E-state index < -0.39 is 17.2 Å². The first-order valence-electron chi connectivity index (χ1n) is 14.0. The van der Waals surface area contributed by atoms with Gasteiger partial charge in [-0.3, -0.25) is 9.63 Å². The highest BCUT2D eigenvalue weighted by molar-refractivity contribution is 5.93. The summed E-state index contributed by atoms with van der Waals surface area (Å²) in [6, 6.07) is 19.9. The van der Waals surface area contributed by atoms with Crippen LogP contribution in [0.2, 0.25) is 0 Å². The molecule has 4 rings (SSSR count). The lowest BCUT2D eigenvalue weighted by Gasteiger charge is -2.26. The van der Waals surface area contributed by atoms with Crippen molar-refractivity contribution in [3.05, 3.63) is 71.8 Å². The Morgan fingerprint density at radius 1 is 0.927 bits per heavy atom. The van der Waals surface area contributed by atoms with Gasteiger partial charge in [0.2, 0.25) is 0 Å². The van der Waals surface area contributed by atoms with Crippen LogP contribution in [0.25, 0.3) is 0 Å². The largest absolute Gasteiger partial charge is 0.444 e. The minimum Gasteiger partial charge on any atom is -0.444 e. The molecule has 0 spiro atoms. The van der Waals surface area contributed by atoms with Gasteiger partial charge in [0.25, 0.3) is 5.91 Å². The second-order valence-electron chi connectivity index (χ2n) is 12.0. The van der Waals surface area contributed by atoms with Gasteiger partial charge in [0.05, 0.1) is 33.5 Å². The predicted molar refractivity (Wildman–Crippen MR) is 154 cm³/mol. The topological polar surface area (TPSA) is 103 Å². The summed E-state index contributed by atoms with van der Waals surface area (Å²) in [6.45, 7) is 9.47. The van der Waals surface area contributed by atoms with Gasteiger partial charge in [-0.05, 0) is 50.7 Å². The Hall–Kier alpha value is -3.27. The zero-order chi connectivity index (χ0) is 30.1. The first-order valence-corrected chi connectivity index (χ1v) is 14.0. The second-order valence-corrected chi connectivity index (χ2v) is 12.0. The molecule has 2 aliphatic carbocycles. The normalized spacial score (nSPS) is 24.3. The van der Waals surface area contributed by atoms with Crippen molar-refractivity contribution in [3.8, 4) is 0 Å². The number of amides is 2. The van der Waals surface area contributed by atoms with Crippen LogP contribution < -0.4 is 5.32 Å². The Labute approximate surface area is 243 Å². The molecule has 224 valence electrons. The Kier molecular flexibility index (Phi) is 11.1. The van der Waals surface area contributed by atoms with Gasteiger partial charge < -0.3 is 24.3 Å². The Balaban J connectivity index is 0.000000260. The molecule has 1 N–H and O–H groups in total. The lowest BCUT2D eigenvalue weighted by molar-refractivity contribution is -0.173. The number of ether oxygens (including phenoxy) is 3. The van der Waals surface area contributed by atoms with E-state index >= 15 is 0 Å². The van der Waals surface area contributed by atoms with E-state index in [9.17, 15) is 14.4 Å². The van der Waals surface area contributed by atoms with Crippen molar-refractivity contribution in [1.82, 2.24) is 10.4 Å². The average molecular weight is 569 g/mol. The number of alkyl carbamates (subject to hydrolysis) is 1.